The zero-order valence-electron chi connectivity index (χ0n) is 42.3. The first-order valence-corrected chi connectivity index (χ1v) is 27.9. The molecule has 0 bridgehead atoms. The van der Waals surface area contributed by atoms with Gasteiger partial charge in [0.05, 0.1) is 0 Å². The number of unbranched alkanes of at least 4 members (excludes halogenated alkanes) is 38. The fourth-order valence-corrected chi connectivity index (χ4v) is 8.57. The molecule has 0 N–H and O–H groups in total. The Bertz CT molecular complexity index is 933. The van der Waals surface area contributed by atoms with Gasteiger partial charge in [-0.05, 0) is 25.2 Å². The lowest BCUT2D eigenvalue weighted by molar-refractivity contribution is -0.167. The van der Waals surface area contributed by atoms with Crippen molar-refractivity contribution in [3.8, 4) is 0 Å². The SMILES string of the molecule is CCCCCCCCCCCCCCCCCCCCC(=O)OC[C@H](COC(=O)CCCCCCCCCCCCCCCC(C)C)OC(=O)CCCCCCCCCCCC. The molecular formula is C56H108O6. The number of rotatable bonds is 51. The van der Waals surface area contributed by atoms with E-state index in [-0.39, 0.29) is 31.1 Å². The Morgan fingerprint density at radius 2 is 0.532 bits per heavy atom. The molecule has 0 aliphatic rings. The molecule has 0 aromatic rings. The van der Waals surface area contributed by atoms with Crippen LogP contribution < -0.4 is 0 Å². The van der Waals surface area contributed by atoms with Crippen molar-refractivity contribution in [2.75, 3.05) is 13.2 Å². The van der Waals surface area contributed by atoms with Crippen molar-refractivity contribution in [1.29, 1.82) is 0 Å². The van der Waals surface area contributed by atoms with Gasteiger partial charge in [-0.1, -0.05) is 278 Å². The van der Waals surface area contributed by atoms with Gasteiger partial charge in [-0.25, -0.2) is 0 Å². The van der Waals surface area contributed by atoms with Gasteiger partial charge in [0.25, 0.3) is 0 Å². The maximum Gasteiger partial charge on any atom is 0.306 e. The van der Waals surface area contributed by atoms with Crippen LogP contribution in [0.15, 0.2) is 0 Å². The van der Waals surface area contributed by atoms with Crippen LogP contribution in [0.5, 0.6) is 0 Å². The van der Waals surface area contributed by atoms with E-state index in [1.807, 2.05) is 0 Å². The van der Waals surface area contributed by atoms with E-state index in [0.29, 0.717) is 19.3 Å². The largest absolute Gasteiger partial charge is 0.462 e. The molecule has 0 amide bonds. The summed E-state index contributed by atoms with van der Waals surface area (Å²) >= 11 is 0. The van der Waals surface area contributed by atoms with Crippen LogP contribution in [-0.4, -0.2) is 37.2 Å². The van der Waals surface area contributed by atoms with Crippen molar-refractivity contribution in [3.05, 3.63) is 0 Å². The fraction of sp³-hybridized carbons (Fsp3) is 0.946. The summed E-state index contributed by atoms with van der Waals surface area (Å²) in [5.74, 6) is -0.000782. The summed E-state index contributed by atoms with van der Waals surface area (Å²) in [6.45, 7) is 9.04. The van der Waals surface area contributed by atoms with Crippen molar-refractivity contribution in [2.24, 2.45) is 5.92 Å². The van der Waals surface area contributed by atoms with Gasteiger partial charge >= 0.3 is 17.9 Å². The van der Waals surface area contributed by atoms with E-state index in [9.17, 15) is 14.4 Å². The van der Waals surface area contributed by atoms with Gasteiger partial charge in [-0.15, -0.1) is 0 Å². The Kier molecular flexibility index (Phi) is 49.1. The second-order valence-corrected chi connectivity index (χ2v) is 19.7. The second-order valence-electron chi connectivity index (χ2n) is 19.7. The highest BCUT2D eigenvalue weighted by Gasteiger charge is 2.19. The van der Waals surface area contributed by atoms with Crippen LogP contribution in [0.4, 0.5) is 0 Å². The molecule has 0 heterocycles. The number of carbonyl (C=O) groups is 3. The summed E-state index contributed by atoms with van der Waals surface area (Å²) in [6.07, 6.45) is 53.8. The summed E-state index contributed by atoms with van der Waals surface area (Å²) in [5, 5.41) is 0. The highest BCUT2D eigenvalue weighted by Crippen LogP contribution is 2.18. The van der Waals surface area contributed by atoms with Crippen LogP contribution in [-0.2, 0) is 28.6 Å². The summed E-state index contributed by atoms with van der Waals surface area (Å²) in [4.78, 5) is 38.0. The van der Waals surface area contributed by atoms with Crippen LogP contribution >= 0.6 is 0 Å². The van der Waals surface area contributed by atoms with Crippen LogP contribution in [0.3, 0.4) is 0 Å². The third-order valence-electron chi connectivity index (χ3n) is 12.8. The van der Waals surface area contributed by atoms with Crippen molar-refractivity contribution < 1.29 is 28.6 Å². The number of carbonyl (C=O) groups excluding carboxylic acids is 3. The molecule has 368 valence electrons. The van der Waals surface area contributed by atoms with Crippen LogP contribution in [0.2, 0.25) is 0 Å². The van der Waals surface area contributed by atoms with Gasteiger partial charge in [0, 0.05) is 19.3 Å². The third kappa shape index (κ3) is 49.4. The predicted octanol–water partition coefficient (Wildman–Crippen LogP) is 18.2. The highest BCUT2D eigenvalue weighted by molar-refractivity contribution is 5.71. The monoisotopic (exact) mass is 877 g/mol. The van der Waals surface area contributed by atoms with Crippen LogP contribution in [0.25, 0.3) is 0 Å². The summed E-state index contributed by atoms with van der Waals surface area (Å²) in [7, 11) is 0. The molecule has 0 aromatic heterocycles. The lowest BCUT2D eigenvalue weighted by atomic mass is 10.0. The molecule has 0 fully saturated rings. The Labute approximate surface area is 387 Å². The average Bonchev–Trinajstić information content (AvgIpc) is 3.26. The smallest absolute Gasteiger partial charge is 0.306 e. The molecule has 0 aliphatic heterocycles. The van der Waals surface area contributed by atoms with Crippen molar-refractivity contribution >= 4 is 17.9 Å². The molecule has 1 atom stereocenters. The number of ether oxygens (including phenoxy) is 3. The number of hydrogen-bond donors (Lipinski definition) is 0. The van der Waals surface area contributed by atoms with Gasteiger partial charge in [-0.2, -0.15) is 0 Å². The third-order valence-corrected chi connectivity index (χ3v) is 12.8. The molecule has 0 unspecified atom stereocenters. The Morgan fingerprint density at radius 1 is 0.306 bits per heavy atom. The van der Waals surface area contributed by atoms with Gasteiger partial charge in [0.15, 0.2) is 6.10 Å². The van der Waals surface area contributed by atoms with Crippen LogP contribution in [0, 0.1) is 5.92 Å². The van der Waals surface area contributed by atoms with E-state index >= 15 is 0 Å². The molecular weight excluding hydrogens is 769 g/mol. The molecule has 0 saturated carbocycles. The summed E-state index contributed by atoms with van der Waals surface area (Å²) < 4.78 is 16.8. The molecule has 0 saturated heterocycles. The summed E-state index contributed by atoms with van der Waals surface area (Å²) in [5.41, 5.74) is 0. The molecule has 0 aromatic carbocycles. The molecule has 62 heavy (non-hydrogen) atoms. The number of hydrogen-bond acceptors (Lipinski definition) is 6. The zero-order chi connectivity index (χ0) is 45.2. The molecule has 0 aliphatic carbocycles. The maximum absolute atomic E-state index is 12.8. The minimum Gasteiger partial charge on any atom is -0.462 e. The lowest BCUT2D eigenvalue weighted by Gasteiger charge is -2.18. The lowest BCUT2D eigenvalue weighted by Crippen LogP contribution is -2.30. The van der Waals surface area contributed by atoms with E-state index in [1.165, 1.54) is 212 Å². The van der Waals surface area contributed by atoms with E-state index in [2.05, 4.69) is 27.7 Å². The summed E-state index contributed by atoms with van der Waals surface area (Å²) in [6, 6.07) is 0. The van der Waals surface area contributed by atoms with Crippen LogP contribution in [0.1, 0.15) is 317 Å². The van der Waals surface area contributed by atoms with E-state index < -0.39 is 6.10 Å². The Hall–Kier alpha value is -1.59. The van der Waals surface area contributed by atoms with Crippen molar-refractivity contribution in [1.82, 2.24) is 0 Å². The zero-order valence-corrected chi connectivity index (χ0v) is 42.3. The Balaban J connectivity index is 4.22. The van der Waals surface area contributed by atoms with Crippen molar-refractivity contribution in [3.63, 3.8) is 0 Å². The van der Waals surface area contributed by atoms with E-state index in [4.69, 9.17) is 14.2 Å². The number of esters is 3. The second kappa shape index (κ2) is 50.4. The first-order valence-electron chi connectivity index (χ1n) is 27.9. The van der Waals surface area contributed by atoms with E-state index in [1.54, 1.807) is 0 Å². The van der Waals surface area contributed by atoms with Gasteiger partial charge in [-0.3, -0.25) is 14.4 Å². The first kappa shape index (κ1) is 60.4. The van der Waals surface area contributed by atoms with Gasteiger partial charge in [0.1, 0.15) is 13.2 Å². The van der Waals surface area contributed by atoms with Gasteiger partial charge in [0.2, 0.25) is 0 Å². The van der Waals surface area contributed by atoms with Gasteiger partial charge < -0.3 is 14.2 Å². The molecule has 6 nitrogen and oxygen atoms in total. The standard InChI is InChI=1S/C56H108O6/c1-5-7-9-11-13-15-17-18-19-20-21-22-25-28-32-35-39-43-47-54(57)60-50-53(62-56(59)49-45-41-37-31-16-14-12-10-8-6-2)51-61-55(58)48-44-40-36-33-29-26-23-24-27-30-34-38-42-46-52(3)4/h52-53H,5-51H2,1-4H3/t53-/m1/s1. The highest BCUT2D eigenvalue weighted by atomic mass is 16.6. The first-order chi connectivity index (χ1) is 30.4. The van der Waals surface area contributed by atoms with E-state index in [0.717, 1.165) is 63.7 Å². The molecule has 0 rings (SSSR count). The topological polar surface area (TPSA) is 78.9 Å². The predicted molar refractivity (Wildman–Crippen MR) is 266 cm³/mol. The molecule has 6 heteroatoms. The minimum absolute atomic E-state index is 0.0623. The normalized spacial score (nSPS) is 12.0. The average molecular weight is 877 g/mol. The van der Waals surface area contributed by atoms with Crippen molar-refractivity contribution in [2.45, 2.75) is 323 Å². The quantitative estimate of drug-likeness (QED) is 0.0344. The molecule has 0 radical (unpaired) electrons. The minimum atomic E-state index is -0.760. The maximum atomic E-state index is 12.8. The fourth-order valence-electron chi connectivity index (χ4n) is 8.57. The Morgan fingerprint density at radius 3 is 0.790 bits per heavy atom. The molecule has 0 spiro atoms.